The summed E-state index contributed by atoms with van der Waals surface area (Å²) in [4.78, 5) is 15.8. The number of carbonyl (C=O) groups excluding carboxylic acids is 1. The van der Waals surface area contributed by atoms with Crippen molar-refractivity contribution in [2.75, 3.05) is 14.2 Å². The third-order valence-corrected chi connectivity index (χ3v) is 7.41. The summed E-state index contributed by atoms with van der Waals surface area (Å²) in [6, 6.07) is 27.7. The van der Waals surface area contributed by atoms with Crippen molar-refractivity contribution in [3.63, 3.8) is 0 Å². The van der Waals surface area contributed by atoms with E-state index in [1.807, 2.05) is 66.5 Å². The van der Waals surface area contributed by atoms with Crippen LogP contribution in [0.25, 0.3) is 22.2 Å². The number of aryl methyl sites for hydroxylation is 1. The number of fused-ring (bicyclic) bond motifs is 2. The fourth-order valence-electron chi connectivity index (χ4n) is 5.66. The van der Waals surface area contributed by atoms with E-state index in [1.165, 1.54) is 12.1 Å². The van der Waals surface area contributed by atoms with Crippen LogP contribution < -0.4 is 9.47 Å². The lowest BCUT2D eigenvalue weighted by molar-refractivity contribution is 0.0737. The molecule has 0 aliphatic carbocycles. The summed E-state index contributed by atoms with van der Waals surface area (Å²) in [6.45, 7) is 0.344. The highest BCUT2D eigenvalue weighted by molar-refractivity contribution is 6.02. The monoisotopic (exact) mass is 506 g/mol. The molecule has 0 saturated heterocycles. The topological polar surface area (TPSA) is 43.7 Å². The molecule has 1 atom stereocenters. The Morgan fingerprint density at radius 3 is 2.34 bits per heavy atom. The zero-order valence-electron chi connectivity index (χ0n) is 21.4. The van der Waals surface area contributed by atoms with Crippen molar-refractivity contribution in [3.05, 3.63) is 119 Å². The van der Waals surface area contributed by atoms with Crippen LogP contribution in [0.3, 0.4) is 0 Å². The maximum Gasteiger partial charge on any atom is 0.255 e. The average Bonchev–Trinajstić information content (AvgIpc) is 3.39. The molecular weight excluding hydrogens is 479 g/mol. The summed E-state index contributed by atoms with van der Waals surface area (Å²) < 4.78 is 27.2. The summed E-state index contributed by atoms with van der Waals surface area (Å²) in [6.07, 6.45) is 0. The first-order valence-corrected chi connectivity index (χ1v) is 12.5. The van der Waals surface area contributed by atoms with Gasteiger partial charge in [0.15, 0.2) is 0 Å². The van der Waals surface area contributed by atoms with Gasteiger partial charge in [-0.25, -0.2) is 4.39 Å². The van der Waals surface area contributed by atoms with Crippen molar-refractivity contribution in [2.45, 2.75) is 12.6 Å². The predicted molar refractivity (Wildman–Crippen MR) is 146 cm³/mol. The summed E-state index contributed by atoms with van der Waals surface area (Å²) >= 11 is 0. The van der Waals surface area contributed by atoms with Gasteiger partial charge in [-0.2, -0.15) is 0 Å². The number of benzene rings is 4. The molecular formula is C32H27FN2O3. The minimum absolute atomic E-state index is 0.0496. The van der Waals surface area contributed by atoms with Crippen molar-refractivity contribution < 1.29 is 18.7 Å². The number of aromatic nitrogens is 1. The normalized spacial score (nSPS) is 14.7. The van der Waals surface area contributed by atoms with Gasteiger partial charge < -0.3 is 18.9 Å². The predicted octanol–water partition coefficient (Wildman–Crippen LogP) is 6.75. The van der Waals surface area contributed by atoms with Gasteiger partial charge in [-0.15, -0.1) is 0 Å². The van der Waals surface area contributed by atoms with Gasteiger partial charge in [0.25, 0.3) is 5.91 Å². The van der Waals surface area contributed by atoms with Gasteiger partial charge in [0.1, 0.15) is 17.3 Å². The van der Waals surface area contributed by atoms with E-state index in [0.717, 1.165) is 38.9 Å². The number of methoxy groups -OCH3 is 2. The van der Waals surface area contributed by atoms with Gasteiger partial charge >= 0.3 is 0 Å². The molecule has 0 unspecified atom stereocenters. The van der Waals surface area contributed by atoms with Gasteiger partial charge in [-0.1, -0.05) is 48.5 Å². The third-order valence-electron chi connectivity index (χ3n) is 7.41. The fraction of sp³-hybridized carbons (Fsp3) is 0.156. The zero-order chi connectivity index (χ0) is 26.4. The molecule has 2 heterocycles. The minimum atomic E-state index is -0.360. The molecule has 0 saturated carbocycles. The first kappa shape index (κ1) is 23.8. The first-order valence-electron chi connectivity index (χ1n) is 12.5. The summed E-state index contributed by atoms with van der Waals surface area (Å²) in [5.74, 6) is 1.07. The number of hydrogen-bond acceptors (Lipinski definition) is 3. The van der Waals surface area contributed by atoms with Crippen LogP contribution in [0.1, 0.15) is 33.1 Å². The second-order valence-corrected chi connectivity index (χ2v) is 9.45. The Bertz CT molecular complexity index is 1670. The van der Waals surface area contributed by atoms with Crippen LogP contribution in [0.4, 0.5) is 4.39 Å². The van der Waals surface area contributed by atoms with Crippen molar-refractivity contribution in [1.82, 2.24) is 9.47 Å². The molecule has 1 aliphatic rings. The fourth-order valence-corrected chi connectivity index (χ4v) is 5.66. The summed E-state index contributed by atoms with van der Waals surface area (Å²) in [5.41, 5.74) is 6.35. The second kappa shape index (κ2) is 9.38. The molecule has 5 nitrogen and oxygen atoms in total. The number of nitrogens with zero attached hydrogens (tertiary/aromatic N) is 2. The van der Waals surface area contributed by atoms with Gasteiger partial charge in [0.05, 0.1) is 26.0 Å². The number of hydrogen-bond donors (Lipinski definition) is 0. The number of ether oxygens (including phenoxy) is 2. The highest BCUT2D eigenvalue weighted by Crippen LogP contribution is 2.49. The summed E-state index contributed by atoms with van der Waals surface area (Å²) in [7, 11) is 5.33. The number of carbonyl (C=O) groups is 1. The SMILES string of the molecule is COc1ccc(OC)c(-c2c([C@@H]3c4ccccc4C(=O)N3Cc3ccc(F)cc3)c3ccccc3n2C)c1. The molecule has 1 aliphatic heterocycles. The quantitative estimate of drug-likeness (QED) is 0.256. The van der Waals surface area contributed by atoms with Crippen LogP contribution in [0.15, 0.2) is 91.0 Å². The van der Waals surface area contributed by atoms with E-state index in [9.17, 15) is 9.18 Å². The number of amides is 1. The van der Waals surface area contributed by atoms with Crippen LogP contribution in [0.2, 0.25) is 0 Å². The average molecular weight is 507 g/mol. The molecule has 1 aromatic heterocycles. The van der Waals surface area contributed by atoms with Crippen LogP contribution in [0, 0.1) is 5.82 Å². The van der Waals surface area contributed by atoms with Gasteiger partial charge in [0.2, 0.25) is 0 Å². The smallest absolute Gasteiger partial charge is 0.255 e. The Morgan fingerprint density at radius 2 is 1.58 bits per heavy atom. The van der Waals surface area contributed by atoms with Crippen LogP contribution in [-0.2, 0) is 13.6 Å². The number of halogens is 1. The van der Waals surface area contributed by atoms with Gasteiger partial charge in [-0.05, 0) is 53.6 Å². The van der Waals surface area contributed by atoms with E-state index < -0.39 is 0 Å². The molecule has 0 fully saturated rings. The molecule has 6 heteroatoms. The van der Waals surface area contributed by atoms with Crippen molar-refractivity contribution in [1.29, 1.82) is 0 Å². The lowest BCUT2D eigenvalue weighted by Gasteiger charge is -2.27. The Morgan fingerprint density at radius 1 is 0.842 bits per heavy atom. The van der Waals surface area contributed by atoms with E-state index in [-0.39, 0.29) is 17.8 Å². The first-order chi connectivity index (χ1) is 18.5. The Balaban J connectivity index is 1.65. The second-order valence-electron chi connectivity index (χ2n) is 9.45. The van der Waals surface area contributed by atoms with E-state index in [2.05, 4.69) is 16.7 Å². The van der Waals surface area contributed by atoms with Gasteiger partial charge in [-0.3, -0.25) is 4.79 Å². The standard InChI is InChI=1S/C32H27FN2O3/c1-34-27-11-7-6-10-25(27)29(30(34)26-18-22(37-2)16-17-28(26)38-3)31-23-8-4-5-9-24(23)32(36)35(31)19-20-12-14-21(33)15-13-20/h4-18,31H,19H2,1-3H3/t31-/m0/s1. The Kier molecular flexibility index (Phi) is 5.87. The van der Waals surface area contributed by atoms with E-state index in [0.29, 0.717) is 23.6 Å². The highest BCUT2D eigenvalue weighted by Gasteiger charge is 2.41. The van der Waals surface area contributed by atoms with Crippen LogP contribution >= 0.6 is 0 Å². The van der Waals surface area contributed by atoms with Crippen molar-refractivity contribution >= 4 is 16.8 Å². The van der Waals surface area contributed by atoms with Crippen molar-refractivity contribution in [3.8, 4) is 22.8 Å². The molecule has 5 aromatic rings. The minimum Gasteiger partial charge on any atom is -0.497 e. The molecule has 0 spiro atoms. The maximum atomic E-state index is 13.9. The third kappa shape index (κ3) is 3.72. The molecule has 0 bridgehead atoms. The molecule has 1 amide bonds. The van der Waals surface area contributed by atoms with E-state index in [1.54, 1.807) is 26.4 Å². The molecule has 6 rings (SSSR count). The van der Waals surface area contributed by atoms with Crippen molar-refractivity contribution in [2.24, 2.45) is 7.05 Å². The Hall–Kier alpha value is -4.58. The largest absolute Gasteiger partial charge is 0.497 e. The lowest BCUT2D eigenvalue weighted by Crippen LogP contribution is -2.28. The molecule has 38 heavy (non-hydrogen) atoms. The number of para-hydroxylation sites is 1. The number of rotatable bonds is 6. The van der Waals surface area contributed by atoms with Crippen LogP contribution in [-0.4, -0.2) is 29.6 Å². The van der Waals surface area contributed by atoms with Crippen LogP contribution in [0.5, 0.6) is 11.5 Å². The van der Waals surface area contributed by atoms with E-state index in [4.69, 9.17) is 9.47 Å². The molecule has 0 radical (unpaired) electrons. The Labute approximate surface area is 220 Å². The van der Waals surface area contributed by atoms with E-state index >= 15 is 0 Å². The maximum absolute atomic E-state index is 13.9. The van der Waals surface area contributed by atoms with Gasteiger partial charge in [0, 0.05) is 41.2 Å². The lowest BCUT2D eigenvalue weighted by atomic mass is 9.92. The highest BCUT2D eigenvalue weighted by atomic mass is 19.1. The molecule has 4 aromatic carbocycles. The summed E-state index contributed by atoms with van der Waals surface area (Å²) in [5, 5.41) is 1.05. The molecule has 190 valence electrons. The molecule has 0 N–H and O–H groups in total. The zero-order valence-corrected chi connectivity index (χ0v) is 21.4.